The normalized spacial score (nSPS) is 10.1. The fourth-order valence-corrected chi connectivity index (χ4v) is 2.13. The maximum absolute atomic E-state index is 11.7. The van der Waals surface area contributed by atoms with Crippen molar-refractivity contribution < 1.29 is 9.53 Å². The van der Waals surface area contributed by atoms with Gasteiger partial charge >= 0.3 is 5.97 Å². The fraction of sp³-hybridized carbons (Fsp3) is 0.133. The number of benzene rings is 2. The number of nitrogen functional groups attached to an aromatic ring is 1. The van der Waals surface area contributed by atoms with Gasteiger partial charge in [0.2, 0.25) is 0 Å². The van der Waals surface area contributed by atoms with Crippen molar-refractivity contribution in [2.75, 3.05) is 17.7 Å². The summed E-state index contributed by atoms with van der Waals surface area (Å²) in [4.78, 5) is 11.7. The van der Waals surface area contributed by atoms with Crippen LogP contribution in [0.2, 0.25) is 0 Å². The summed E-state index contributed by atoms with van der Waals surface area (Å²) in [6.07, 6.45) is 0. The molecule has 0 spiro atoms. The molecule has 5 heteroatoms. The standard InChI is InChI=1S/C15H15BrN2O2/c1-2-20-15(19)10-6-7-13(17)14(8-10)18-12-5-3-4-11(16)9-12/h3-9,18H,2,17H2,1H3. The zero-order valence-corrected chi connectivity index (χ0v) is 12.6. The van der Waals surface area contributed by atoms with Crippen LogP contribution in [-0.2, 0) is 4.74 Å². The Morgan fingerprint density at radius 3 is 2.80 bits per heavy atom. The van der Waals surface area contributed by atoms with Crippen LogP contribution in [0, 0.1) is 0 Å². The number of anilines is 3. The summed E-state index contributed by atoms with van der Waals surface area (Å²) in [7, 11) is 0. The smallest absolute Gasteiger partial charge is 0.338 e. The van der Waals surface area contributed by atoms with Crippen molar-refractivity contribution in [2.45, 2.75) is 6.92 Å². The number of hydrogen-bond donors (Lipinski definition) is 2. The zero-order valence-electron chi connectivity index (χ0n) is 11.0. The zero-order chi connectivity index (χ0) is 14.5. The molecule has 0 fully saturated rings. The van der Waals surface area contributed by atoms with Crippen molar-refractivity contribution in [2.24, 2.45) is 0 Å². The predicted molar refractivity (Wildman–Crippen MR) is 84.2 cm³/mol. The maximum atomic E-state index is 11.7. The molecule has 3 N–H and O–H groups in total. The van der Waals surface area contributed by atoms with Gasteiger partial charge in [0.15, 0.2) is 0 Å². The molecule has 0 radical (unpaired) electrons. The van der Waals surface area contributed by atoms with Crippen molar-refractivity contribution in [3.63, 3.8) is 0 Å². The lowest BCUT2D eigenvalue weighted by molar-refractivity contribution is 0.0526. The van der Waals surface area contributed by atoms with E-state index in [1.54, 1.807) is 25.1 Å². The quantitative estimate of drug-likeness (QED) is 0.656. The van der Waals surface area contributed by atoms with Gasteiger partial charge in [-0.05, 0) is 43.3 Å². The van der Waals surface area contributed by atoms with E-state index in [1.165, 1.54) is 0 Å². The minimum Gasteiger partial charge on any atom is -0.462 e. The van der Waals surface area contributed by atoms with Gasteiger partial charge in [0.05, 0.1) is 23.5 Å². The Morgan fingerprint density at radius 1 is 1.30 bits per heavy atom. The average Bonchev–Trinajstić information content (AvgIpc) is 2.41. The van der Waals surface area contributed by atoms with Crippen LogP contribution in [0.25, 0.3) is 0 Å². The number of esters is 1. The number of carbonyl (C=O) groups excluding carboxylic acids is 1. The Labute approximate surface area is 126 Å². The summed E-state index contributed by atoms with van der Waals surface area (Å²) in [6, 6.07) is 12.7. The molecule has 0 saturated heterocycles. The van der Waals surface area contributed by atoms with E-state index in [0.717, 1.165) is 10.2 Å². The van der Waals surface area contributed by atoms with Crippen LogP contribution in [0.3, 0.4) is 0 Å². The Kier molecular flexibility index (Phi) is 4.63. The molecular weight excluding hydrogens is 320 g/mol. The van der Waals surface area contributed by atoms with E-state index in [0.29, 0.717) is 23.5 Å². The lowest BCUT2D eigenvalue weighted by Crippen LogP contribution is -2.06. The molecule has 0 amide bonds. The molecule has 0 heterocycles. The van der Waals surface area contributed by atoms with Gasteiger partial charge in [0.1, 0.15) is 0 Å². The minimum absolute atomic E-state index is 0.345. The van der Waals surface area contributed by atoms with Crippen LogP contribution in [0.4, 0.5) is 17.1 Å². The Bertz CT molecular complexity index is 629. The second-order valence-electron chi connectivity index (χ2n) is 4.16. The number of hydrogen-bond acceptors (Lipinski definition) is 4. The summed E-state index contributed by atoms with van der Waals surface area (Å²) >= 11 is 3.41. The third-order valence-electron chi connectivity index (χ3n) is 2.67. The van der Waals surface area contributed by atoms with E-state index in [9.17, 15) is 4.79 Å². The van der Waals surface area contributed by atoms with E-state index in [1.807, 2.05) is 24.3 Å². The second kappa shape index (κ2) is 6.43. The maximum Gasteiger partial charge on any atom is 0.338 e. The van der Waals surface area contributed by atoms with Crippen LogP contribution in [0.5, 0.6) is 0 Å². The average molecular weight is 335 g/mol. The topological polar surface area (TPSA) is 64.3 Å². The van der Waals surface area contributed by atoms with E-state index >= 15 is 0 Å². The van der Waals surface area contributed by atoms with Crippen molar-refractivity contribution in [3.8, 4) is 0 Å². The second-order valence-corrected chi connectivity index (χ2v) is 5.07. The summed E-state index contributed by atoms with van der Waals surface area (Å²) in [5.74, 6) is -0.357. The van der Waals surface area contributed by atoms with Gasteiger partial charge in [-0.1, -0.05) is 22.0 Å². The van der Waals surface area contributed by atoms with E-state index in [4.69, 9.17) is 10.5 Å². The number of carbonyl (C=O) groups is 1. The van der Waals surface area contributed by atoms with Crippen molar-refractivity contribution in [1.29, 1.82) is 0 Å². The molecule has 2 rings (SSSR count). The molecule has 2 aromatic carbocycles. The van der Waals surface area contributed by atoms with E-state index in [-0.39, 0.29) is 5.97 Å². The number of nitrogens with one attached hydrogen (secondary N) is 1. The molecule has 0 atom stereocenters. The van der Waals surface area contributed by atoms with Crippen molar-refractivity contribution in [1.82, 2.24) is 0 Å². The van der Waals surface area contributed by atoms with Crippen LogP contribution < -0.4 is 11.1 Å². The molecule has 0 unspecified atom stereocenters. The van der Waals surface area contributed by atoms with Gasteiger partial charge in [-0.15, -0.1) is 0 Å². The molecule has 0 aliphatic carbocycles. The highest BCUT2D eigenvalue weighted by atomic mass is 79.9. The molecule has 2 aromatic rings. The highest BCUT2D eigenvalue weighted by molar-refractivity contribution is 9.10. The van der Waals surface area contributed by atoms with Crippen LogP contribution in [0.15, 0.2) is 46.9 Å². The molecule has 0 aliphatic rings. The van der Waals surface area contributed by atoms with Gasteiger partial charge in [-0.25, -0.2) is 4.79 Å². The first-order valence-electron chi connectivity index (χ1n) is 6.19. The highest BCUT2D eigenvalue weighted by Crippen LogP contribution is 2.26. The van der Waals surface area contributed by atoms with Crippen LogP contribution in [-0.4, -0.2) is 12.6 Å². The van der Waals surface area contributed by atoms with Gasteiger partial charge in [0.25, 0.3) is 0 Å². The fourth-order valence-electron chi connectivity index (χ4n) is 1.73. The highest BCUT2D eigenvalue weighted by Gasteiger charge is 2.09. The molecule has 4 nitrogen and oxygen atoms in total. The summed E-state index contributed by atoms with van der Waals surface area (Å²) < 4.78 is 5.94. The van der Waals surface area contributed by atoms with Gasteiger partial charge in [0, 0.05) is 10.2 Å². The molecule has 20 heavy (non-hydrogen) atoms. The molecule has 0 saturated carbocycles. The number of nitrogens with two attached hydrogens (primary N) is 1. The third kappa shape index (κ3) is 3.51. The van der Waals surface area contributed by atoms with Gasteiger partial charge in [-0.2, -0.15) is 0 Å². The lowest BCUT2D eigenvalue weighted by atomic mass is 10.1. The largest absolute Gasteiger partial charge is 0.462 e. The third-order valence-corrected chi connectivity index (χ3v) is 3.16. The summed E-state index contributed by atoms with van der Waals surface area (Å²) in [6.45, 7) is 2.12. The first kappa shape index (κ1) is 14.4. The Balaban J connectivity index is 2.27. The number of halogens is 1. The SMILES string of the molecule is CCOC(=O)c1ccc(N)c(Nc2cccc(Br)c2)c1. The Morgan fingerprint density at radius 2 is 2.10 bits per heavy atom. The van der Waals surface area contributed by atoms with Gasteiger partial charge < -0.3 is 15.8 Å². The van der Waals surface area contributed by atoms with E-state index < -0.39 is 0 Å². The van der Waals surface area contributed by atoms with E-state index in [2.05, 4.69) is 21.2 Å². The first-order valence-corrected chi connectivity index (χ1v) is 6.98. The van der Waals surface area contributed by atoms with Gasteiger partial charge in [-0.3, -0.25) is 0 Å². The molecule has 0 aliphatic heterocycles. The molecule has 104 valence electrons. The van der Waals surface area contributed by atoms with Crippen molar-refractivity contribution in [3.05, 3.63) is 52.5 Å². The lowest BCUT2D eigenvalue weighted by Gasteiger charge is -2.11. The molecular formula is C15H15BrN2O2. The summed E-state index contributed by atoms with van der Waals surface area (Å²) in [5.41, 5.74) is 8.52. The molecule has 0 aromatic heterocycles. The molecule has 0 bridgehead atoms. The number of rotatable bonds is 4. The Hall–Kier alpha value is -2.01. The summed E-state index contributed by atoms with van der Waals surface area (Å²) in [5, 5.41) is 3.19. The minimum atomic E-state index is -0.357. The predicted octanol–water partition coefficient (Wildman–Crippen LogP) is 3.95. The van der Waals surface area contributed by atoms with Crippen molar-refractivity contribution >= 4 is 39.0 Å². The van der Waals surface area contributed by atoms with Crippen LogP contribution in [0.1, 0.15) is 17.3 Å². The van der Waals surface area contributed by atoms with Crippen LogP contribution >= 0.6 is 15.9 Å². The first-order chi connectivity index (χ1) is 9.60. The number of ether oxygens (including phenoxy) is 1. The monoisotopic (exact) mass is 334 g/mol.